The van der Waals surface area contributed by atoms with Crippen molar-refractivity contribution < 1.29 is 0 Å². The van der Waals surface area contributed by atoms with E-state index in [0.717, 1.165) is 19.5 Å². The summed E-state index contributed by atoms with van der Waals surface area (Å²) in [5.74, 6) is 0. The SMILES string of the molecule is C=CCNCCCc1ccc(C)cc1. The third-order valence-corrected chi connectivity index (χ3v) is 2.23. The predicted octanol–water partition coefficient (Wildman–Crippen LogP) is 2.70. The van der Waals surface area contributed by atoms with Gasteiger partial charge >= 0.3 is 0 Å². The largest absolute Gasteiger partial charge is 0.313 e. The summed E-state index contributed by atoms with van der Waals surface area (Å²) < 4.78 is 0. The summed E-state index contributed by atoms with van der Waals surface area (Å²) in [4.78, 5) is 0. The Morgan fingerprint density at radius 2 is 2.00 bits per heavy atom. The van der Waals surface area contributed by atoms with Crippen molar-refractivity contribution in [3.8, 4) is 0 Å². The second-order valence-corrected chi connectivity index (χ2v) is 3.58. The van der Waals surface area contributed by atoms with Gasteiger partial charge in [-0.05, 0) is 31.9 Å². The lowest BCUT2D eigenvalue weighted by molar-refractivity contribution is 0.693. The van der Waals surface area contributed by atoms with Crippen molar-refractivity contribution in [3.05, 3.63) is 48.0 Å². The van der Waals surface area contributed by atoms with Gasteiger partial charge in [0.15, 0.2) is 0 Å². The number of benzene rings is 1. The van der Waals surface area contributed by atoms with Crippen LogP contribution in [-0.4, -0.2) is 13.1 Å². The maximum Gasteiger partial charge on any atom is 0.0132 e. The van der Waals surface area contributed by atoms with Crippen molar-refractivity contribution in [1.82, 2.24) is 5.32 Å². The summed E-state index contributed by atoms with van der Waals surface area (Å²) in [5, 5.41) is 3.30. The molecule has 0 aliphatic rings. The van der Waals surface area contributed by atoms with E-state index < -0.39 is 0 Å². The highest BCUT2D eigenvalue weighted by atomic mass is 14.8. The Balaban J connectivity index is 2.18. The van der Waals surface area contributed by atoms with Crippen molar-refractivity contribution in [2.24, 2.45) is 0 Å². The fourth-order valence-electron chi connectivity index (χ4n) is 1.38. The first kappa shape index (κ1) is 11.0. The predicted molar refractivity (Wildman–Crippen MR) is 62.6 cm³/mol. The molecule has 1 aromatic rings. The van der Waals surface area contributed by atoms with Crippen LogP contribution < -0.4 is 5.32 Å². The molecule has 0 amide bonds. The first-order chi connectivity index (χ1) is 6.83. The maximum absolute atomic E-state index is 3.66. The summed E-state index contributed by atoms with van der Waals surface area (Å²) in [6, 6.07) is 8.77. The topological polar surface area (TPSA) is 12.0 Å². The van der Waals surface area contributed by atoms with Crippen molar-refractivity contribution in [2.75, 3.05) is 13.1 Å². The number of hydrogen-bond donors (Lipinski definition) is 1. The molecule has 1 aromatic carbocycles. The Morgan fingerprint density at radius 1 is 1.29 bits per heavy atom. The molecule has 0 saturated carbocycles. The van der Waals surface area contributed by atoms with Gasteiger partial charge in [-0.1, -0.05) is 35.9 Å². The molecule has 14 heavy (non-hydrogen) atoms. The van der Waals surface area contributed by atoms with Gasteiger partial charge < -0.3 is 5.32 Å². The van der Waals surface area contributed by atoms with Gasteiger partial charge in [0, 0.05) is 6.54 Å². The van der Waals surface area contributed by atoms with E-state index in [1.54, 1.807) is 0 Å². The molecular weight excluding hydrogens is 170 g/mol. The van der Waals surface area contributed by atoms with Crippen molar-refractivity contribution in [3.63, 3.8) is 0 Å². The van der Waals surface area contributed by atoms with Crippen LogP contribution in [0.25, 0.3) is 0 Å². The van der Waals surface area contributed by atoms with Crippen molar-refractivity contribution in [2.45, 2.75) is 19.8 Å². The highest BCUT2D eigenvalue weighted by Gasteiger charge is 1.92. The lowest BCUT2D eigenvalue weighted by Crippen LogP contribution is -2.15. The van der Waals surface area contributed by atoms with Gasteiger partial charge in [0.2, 0.25) is 0 Å². The standard InChI is InChI=1S/C13H19N/c1-3-10-14-11-4-5-13-8-6-12(2)7-9-13/h3,6-9,14H,1,4-5,10-11H2,2H3. The van der Waals surface area contributed by atoms with E-state index in [0.29, 0.717) is 0 Å². The molecule has 0 aliphatic heterocycles. The Bertz CT molecular complexity index is 261. The molecule has 1 N–H and O–H groups in total. The van der Waals surface area contributed by atoms with Crippen LogP contribution in [-0.2, 0) is 6.42 Å². The lowest BCUT2D eigenvalue weighted by Gasteiger charge is -2.02. The normalized spacial score (nSPS) is 10.1. The quantitative estimate of drug-likeness (QED) is 0.536. The van der Waals surface area contributed by atoms with Gasteiger partial charge in [-0.3, -0.25) is 0 Å². The van der Waals surface area contributed by atoms with Gasteiger partial charge in [0.05, 0.1) is 0 Å². The minimum atomic E-state index is 0.911. The van der Waals surface area contributed by atoms with E-state index in [1.165, 1.54) is 17.5 Å². The average molecular weight is 189 g/mol. The van der Waals surface area contributed by atoms with E-state index >= 15 is 0 Å². The molecule has 0 heterocycles. The molecule has 0 bridgehead atoms. The summed E-state index contributed by atoms with van der Waals surface area (Å²) >= 11 is 0. The molecule has 0 aromatic heterocycles. The second kappa shape index (κ2) is 6.39. The highest BCUT2D eigenvalue weighted by Crippen LogP contribution is 2.04. The molecule has 1 nitrogen and oxygen atoms in total. The average Bonchev–Trinajstić information content (AvgIpc) is 2.21. The fourth-order valence-corrected chi connectivity index (χ4v) is 1.38. The minimum absolute atomic E-state index is 0.911. The van der Waals surface area contributed by atoms with Crippen LogP contribution in [0.4, 0.5) is 0 Å². The van der Waals surface area contributed by atoms with E-state index in [4.69, 9.17) is 0 Å². The minimum Gasteiger partial charge on any atom is -0.313 e. The van der Waals surface area contributed by atoms with Gasteiger partial charge in [-0.25, -0.2) is 0 Å². The number of rotatable bonds is 6. The Labute approximate surface area is 86.8 Å². The molecule has 0 saturated heterocycles. The van der Waals surface area contributed by atoms with E-state index in [1.807, 2.05) is 6.08 Å². The number of hydrogen-bond acceptors (Lipinski definition) is 1. The van der Waals surface area contributed by atoms with Gasteiger partial charge in [0.1, 0.15) is 0 Å². The zero-order valence-electron chi connectivity index (χ0n) is 8.92. The Kier molecular flexibility index (Phi) is 5.02. The van der Waals surface area contributed by atoms with Gasteiger partial charge in [-0.15, -0.1) is 6.58 Å². The summed E-state index contributed by atoms with van der Waals surface area (Å²) in [6.07, 6.45) is 4.24. The zero-order valence-corrected chi connectivity index (χ0v) is 8.92. The molecule has 1 rings (SSSR count). The highest BCUT2D eigenvalue weighted by molar-refractivity contribution is 5.21. The summed E-state index contributed by atoms with van der Waals surface area (Å²) in [5.41, 5.74) is 2.76. The van der Waals surface area contributed by atoms with Crippen LogP contribution in [0.3, 0.4) is 0 Å². The molecule has 0 spiro atoms. The number of aryl methyl sites for hydroxylation is 2. The molecule has 1 heteroatoms. The van der Waals surface area contributed by atoms with Crippen LogP contribution in [0.15, 0.2) is 36.9 Å². The first-order valence-corrected chi connectivity index (χ1v) is 5.20. The first-order valence-electron chi connectivity index (χ1n) is 5.20. The van der Waals surface area contributed by atoms with Crippen LogP contribution in [0.5, 0.6) is 0 Å². The molecule has 76 valence electrons. The summed E-state index contributed by atoms with van der Waals surface area (Å²) in [7, 11) is 0. The van der Waals surface area contributed by atoms with E-state index in [9.17, 15) is 0 Å². The molecule has 0 unspecified atom stereocenters. The second-order valence-electron chi connectivity index (χ2n) is 3.58. The van der Waals surface area contributed by atoms with Crippen molar-refractivity contribution >= 4 is 0 Å². The van der Waals surface area contributed by atoms with Crippen LogP contribution in [0.2, 0.25) is 0 Å². The molecule has 0 atom stereocenters. The Morgan fingerprint density at radius 3 is 2.64 bits per heavy atom. The van der Waals surface area contributed by atoms with Crippen molar-refractivity contribution in [1.29, 1.82) is 0 Å². The number of nitrogens with one attached hydrogen (secondary N) is 1. The molecule has 0 aliphatic carbocycles. The van der Waals surface area contributed by atoms with E-state index in [2.05, 4.69) is 43.1 Å². The summed E-state index contributed by atoms with van der Waals surface area (Å²) in [6.45, 7) is 7.76. The Hall–Kier alpha value is -1.08. The third-order valence-electron chi connectivity index (χ3n) is 2.23. The fraction of sp³-hybridized carbons (Fsp3) is 0.385. The molecular formula is C13H19N. The van der Waals surface area contributed by atoms with E-state index in [-0.39, 0.29) is 0 Å². The zero-order chi connectivity index (χ0) is 10.2. The molecule has 0 fully saturated rings. The monoisotopic (exact) mass is 189 g/mol. The van der Waals surface area contributed by atoms with Gasteiger partial charge in [0.25, 0.3) is 0 Å². The van der Waals surface area contributed by atoms with Crippen LogP contribution in [0.1, 0.15) is 17.5 Å². The third kappa shape index (κ3) is 4.24. The van der Waals surface area contributed by atoms with Crippen LogP contribution >= 0.6 is 0 Å². The lowest BCUT2D eigenvalue weighted by atomic mass is 10.1. The van der Waals surface area contributed by atoms with Gasteiger partial charge in [-0.2, -0.15) is 0 Å². The molecule has 0 radical (unpaired) electrons. The maximum atomic E-state index is 3.66. The van der Waals surface area contributed by atoms with Crippen LogP contribution in [0, 0.1) is 6.92 Å². The smallest absolute Gasteiger partial charge is 0.0132 e.